The molecular formula is C13H16N2. The topological polar surface area (TPSA) is 30.9 Å². The molecule has 1 saturated carbocycles. The Balaban J connectivity index is 2.14. The van der Waals surface area contributed by atoms with Crippen molar-refractivity contribution < 1.29 is 0 Å². The van der Waals surface area contributed by atoms with E-state index in [-0.39, 0.29) is 0 Å². The van der Waals surface area contributed by atoms with E-state index >= 15 is 0 Å². The fourth-order valence-corrected chi connectivity index (χ4v) is 2.58. The standard InChI is InChI=1S/C13H16N2/c1-15-6-5-9-3-2-4-11(13(9)15)12-7-10(12)8-14/h2-6,10,12H,7-8,14H2,1H3/t10-,12+/m0/s1. The number of nitrogens with two attached hydrogens (primary N) is 1. The van der Waals surface area contributed by atoms with E-state index in [1.54, 1.807) is 0 Å². The van der Waals surface area contributed by atoms with Crippen LogP contribution in [-0.4, -0.2) is 11.1 Å². The van der Waals surface area contributed by atoms with Gasteiger partial charge < -0.3 is 10.3 Å². The summed E-state index contributed by atoms with van der Waals surface area (Å²) >= 11 is 0. The predicted octanol–water partition coefficient (Wildman–Crippen LogP) is 2.24. The highest BCUT2D eigenvalue weighted by Crippen LogP contribution is 2.48. The average molecular weight is 200 g/mol. The van der Waals surface area contributed by atoms with Crippen molar-refractivity contribution in [2.75, 3.05) is 6.54 Å². The SMILES string of the molecule is Cn1ccc2cccc([C@@H]3C[C@H]3CN)c21. The van der Waals surface area contributed by atoms with Crippen LogP contribution in [0.15, 0.2) is 30.5 Å². The van der Waals surface area contributed by atoms with E-state index in [9.17, 15) is 0 Å². The lowest BCUT2D eigenvalue weighted by Gasteiger charge is -2.05. The van der Waals surface area contributed by atoms with Crippen LogP contribution >= 0.6 is 0 Å². The zero-order valence-electron chi connectivity index (χ0n) is 8.98. The summed E-state index contributed by atoms with van der Waals surface area (Å²) in [6, 6.07) is 8.77. The van der Waals surface area contributed by atoms with E-state index in [4.69, 9.17) is 5.73 Å². The molecule has 3 rings (SSSR count). The van der Waals surface area contributed by atoms with Crippen LogP contribution in [-0.2, 0) is 7.05 Å². The molecule has 2 N–H and O–H groups in total. The molecular weight excluding hydrogens is 184 g/mol. The van der Waals surface area contributed by atoms with Crippen LogP contribution in [0.2, 0.25) is 0 Å². The predicted molar refractivity (Wildman–Crippen MR) is 62.8 cm³/mol. The third kappa shape index (κ3) is 1.29. The molecule has 1 aromatic heterocycles. The van der Waals surface area contributed by atoms with Gasteiger partial charge in [-0.2, -0.15) is 0 Å². The molecule has 1 fully saturated rings. The first-order valence-corrected chi connectivity index (χ1v) is 5.55. The van der Waals surface area contributed by atoms with Gasteiger partial charge in [0.1, 0.15) is 0 Å². The molecule has 2 heteroatoms. The summed E-state index contributed by atoms with van der Waals surface area (Å²) in [5.41, 5.74) is 8.58. The molecule has 0 bridgehead atoms. The van der Waals surface area contributed by atoms with Crippen molar-refractivity contribution in [3.05, 3.63) is 36.0 Å². The van der Waals surface area contributed by atoms with E-state index in [0.717, 1.165) is 6.54 Å². The maximum atomic E-state index is 5.71. The van der Waals surface area contributed by atoms with Gasteiger partial charge in [-0.05, 0) is 41.8 Å². The Morgan fingerprint density at radius 1 is 1.40 bits per heavy atom. The van der Waals surface area contributed by atoms with Gasteiger partial charge in [0.15, 0.2) is 0 Å². The molecule has 0 unspecified atom stereocenters. The summed E-state index contributed by atoms with van der Waals surface area (Å²) in [5, 5.41) is 1.35. The van der Waals surface area contributed by atoms with Crippen LogP contribution < -0.4 is 5.73 Å². The fourth-order valence-electron chi connectivity index (χ4n) is 2.58. The smallest absolute Gasteiger partial charge is 0.0513 e. The molecule has 1 aliphatic rings. The molecule has 2 aromatic rings. The van der Waals surface area contributed by atoms with Crippen LogP contribution in [0, 0.1) is 5.92 Å². The summed E-state index contributed by atoms with van der Waals surface area (Å²) in [5.74, 6) is 1.41. The molecule has 2 nitrogen and oxygen atoms in total. The Bertz CT molecular complexity index is 498. The second kappa shape index (κ2) is 3.11. The van der Waals surface area contributed by atoms with Crippen LogP contribution in [0.4, 0.5) is 0 Å². The first-order chi connectivity index (χ1) is 7.31. The van der Waals surface area contributed by atoms with Gasteiger partial charge in [0.2, 0.25) is 0 Å². The third-order valence-corrected chi connectivity index (χ3v) is 3.55. The van der Waals surface area contributed by atoms with Crippen molar-refractivity contribution in [2.45, 2.75) is 12.3 Å². The number of fused-ring (bicyclic) bond motifs is 1. The lowest BCUT2D eigenvalue weighted by Crippen LogP contribution is -2.02. The minimum absolute atomic E-state index is 0.701. The van der Waals surface area contributed by atoms with Crippen molar-refractivity contribution in [1.29, 1.82) is 0 Å². The van der Waals surface area contributed by atoms with Crippen molar-refractivity contribution >= 4 is 10.9 Å². The van der Waals surface area contributed by atoms with E-state index in [1.807, 2.05) is 0 Å². The van der Waals surface area contributed by atoms with Gasteiger partial charge in [0.05, 0.1) is 5.52 Å². The van der Waals surface area contributed by atoms with Crippen LogP contribution in [0.3, 0.4) is 0 Å². The molecule has 1 heterocycles. The van der Waals surface area contributed by atoms with Crippen molar-refractivity contribution in [1.82, 2.24) is 4.57 Å². The van der Waals surface area contributed by atoms with Crippen molar-refractivity contribution in [3.63, 3.8) is 0 Å². The Kier molecular flexibility index (Phi) is 1.86. The molecule has 2 atom stereocenters. The van der Waals surface area contributed by atoms with Crippen LogP contribution in [0.25, 0.3) is 10.9 Å². The monoisotopic (exact) mass is 200 g/mol. The second-order valence-electron chi connectivity index (χ2n) is 4.55. The highest BCUT2D eigenvalue weighted by atomic mass is 14.9. The first kappa shape index (κ1) is 8.98. The lowest BCUT2D eigenvalue weighted by molar-refractivity contribution is 0.808. The minimum atomic E-state index is 0.701. The number of aromatic nitrogens is 1. The maximum absolute atomic E-state index is 5.71. The van der Waals surface area contributed by atoms with Gasteiger partial charge in [0.25, 0.3) is 0 Å². The Hall–Kier alpha value is -1.28. The zero-order valence-corrected chi connectivity index (χ0v) is 8.98. The average Bonchev–Trinajstić information content (AvgIpc) is 2.96. The van der Waals surface area contributed by atoms with Gasteiger partial charge in [-0.3, -0.25) is 0 Å². The number of para-hydroxylation sites is 1. The van der Waals surface area contributed by atoms with E-state index in [2.05, 4.69) is 42.1 Å². The molecule has 78 valence electrons. The lowest BCUT2D eigenvalue weighted by atomic mass is 10.1. The molecule has 0 aliphatic heterocycles. The van der Waals surface area contributed by atoms with Crippen molar-refractivity contribution in [3.8, 4) is 0 Å². The number of hydrogen-bond donors (Lipinski definition) is 1. The number of rotatable bonds is 2. The Morgan fingerprint density at radius 3 is 3.00 bits per heavy atom. The molecule has 15 heavy (non-hydrogen) atoms. The summed E-state index contributed by atoms with van der Waals surface area (Å²) in [6.45, 7) is 0.825. The molecule has 0 radical (unpaired) electrons. The minimum Gasteiger partial charge on any atom is -0.350 e. The van der Waals surface area contributed by atoms with Gasteiger partial charge in [-0.15, -0.1) is 0 Å². The first-order valence-electron chi connectivity index (χ1n) is 5.55. The van der Waals surface area contributed by atoms with Crippen LogP contribution in [0.5, 0.6) is 0 Å². The second-order valence-corrected chi connectivity index (χ2v) is 4.55. The number of hydrogen-bond acceptors (Lipinski definition) is 1. The van der Waals surface area contributed by atoms with E-state index in [0.29, 0.717) is 11.8 Å². The van der Waals surface area contributed by atoms with E-state index in [1.165, 1.54) is 22.9 Å². The quantitative estimate of drug-likeness (QED) is 0.792. The van der Waals surface area contributed by atoms with Gasteiger partial charge in [-0.1, -0.05) is 18.2 Å². The summed E-state index contributed by atoms with van der Waals surface area (Å²) in [7, 11) is 2.12. The van der Waals surface area contributed by atoms with Crippen molar-refractivity contribution in [2.24, 2.45) is 18.7 Å². The van der Waals surface area contributed by atoms with Crippen LogP contribution in [0.1, 0.15) is 17.9 Å². The summed E-state index contributed by atoms with van der Waals surface area (Å²) < 4.78 is 2.22. The molecule has 0 amide bonds. The summed E-state index contributed by atoms with van der Waals surface area (Å²) in [6.07, 6.45) is 3.40. The fraction of sp³-hybridized carbons (Fsp3) is 0.385. The third-order valence-electron chi connectivity index (χ3n) is 3.55. The maximum Gasteiger partial charge on any atom is 0.0513 e. The van der Waals surface area contributed by atoms with Gasteiger partial charge >= 0.3 is 0 Å². The number of nitrogens with zero attached hydrogens (tertiary/aromatic N) is 1. The van der Waals surface area contributed by atoms with Gasteiger partial charge in [0, 0.05) is 13.2 Å². The molecule has 1 aliphatic carbocycles. The molecule has 0 spiro atoms. The number of benzene rings is 1. The Morgan fingerprint density at radius 2 is 2.27 bits per heavy atom. The van der Waals surface area contributed by atoms with Gasteiger partial charge in [-0.25, -0.2) is 0 Å². The highest BCUT2D eigenvalue weighted by molar-refractivity contribution is 5.84. The zero-order chi connectivity index (χ0) is 10.4. The molecule has 0 saturated heterocycles. The molecule has 1 aromatic carbocycles. The highest BCUT2D eigenvalue weighted by Gasteiger charge is 2.38. The Labute approximate surface area is 89.7 Å². The summed E-state index contributed by atoms with van der Waals surface area (Å²) in [4.78, 5) is 0. The van der Waals surface area contributed by atoms with E-state index < -0.39 is 0 Å². The largest absolute Gasteiger partial charge is 0.350 e. The number of aryl methyl sites for hydroxylation is 1. The normalized spacial score (nSPS) is 24.7.